The Hall–Kier alpha value is -1.57. The highest BCUT2D eigenvalue weighted by atomic mass is 16.5. The smallest absolute Gasteiger partial charge is 0.123 e. The number of benzene rings is 1. The first-order chi connectivity index (χ1) is 9.72. The molecule has 0 aliphatic heterocycles. The Morgan fingerprint density at radius 1 is 1.35 bits per heavy atom. The van der Waals surface area contributed by atoms with Gasteiger partial charge in [0.1, 0.15) is 5.75 Å². The van der Waals surface area contributed by atoms with Gasteiger partial charge in [-0.3, -0.25) is 0 Å². The predicted octanol–water partition coefficient (Wildman–Crippen LogP) is 2.21. The molecule has 0 aromatic heterocycles. The number of nitrogens with zero attached hydrogens (tertiary/aromatic N) is 1. The maximum absolute atomic E-state index is 9.49. The van der Waals surface area contributed by atoms with E-state index in [0.717, 1.165) is 43.5 Å². The first-order valence-corrected chi connectivity index (χ1v) is 7.18. The van der Waals surface area contributed by atoms with Gasteiger partial charge < -0.3 is 15.2 Å². The van der Waals surface area contributed by atoms with Gasteiger partial charge in [0.15, 0.2) is 0 Å². The van der Waals surface area contributed by atoms with Gasteiger partial charge >= 0.3 is 0 Å². The summed E-state index contributed by atoms with van der Waals surface area (Å²) in [6.45, 7) is 1.66. The first-order valence-electron chi connectivity index (χ1n) is 7.18. The Kier molecular flexibility index (Phi) is 5.40. The molecule has 0 radical (unpaired) electrons. The molecule has 1 aromatic carbocycles. The van der Waals surface area contributed by atoms with E-state index in [4.69, 9.17) is 10.00 Å². The van der Waals surface area contributed by atoms with Crippen molar-refractivity contribution >= 4 is 0 Å². The number of ether oxygens (including phenoxy) is 1. The van der Waals surface area contributed by atoms with Crippen molar-refractivity contribution in [3.63, 3.8) is 0 Å². The van der Waals surface area contributed by atoms with Crippen molar-refractivity contribution in [3.8, 4) is 11.8 Å². The Labute approximate surface area is 120 Å². The lowest BCUT2D eigenvalue weighted by atomic mass is 9.87. The lowest BCUT2D eigenvalue weighted by Crippen LogP contribution is -2.27. The van der Waals surface area contributed by atoms with Gasteiger partial charge in [-0.2, -0.15) is 5.26 Å². The molecule has 1 saturated carbocycles. The summed E-state index contributed by atoms with van der Waals surface area (Å²) in [5.74, 6) is 1.46. The van der Waals surface area contributed by atoms with Crippen LogP contribution in [0.4, 0.5) is 0 Å². The van der Waals surface area contributed by atoms with Crippen LogP contribution in [0.3, 0.4) is 0 Å². The molecule has 0 heterocycles. The molecule has 1 aliphatic carbocycles. The Balaban J connectivity index is 1.86. The molecule has 4 heteroatoms. The zero-order valence-corrected chi connectivity index (χ0v) is 11.9. The molecular weight excluding hydrogens is 252 g/mol. The Bertz CT molecular complexity index is 474. The van der Waals surface area contributed by atoms with E-state index in [9.17, 15) is 5.11 Å². The average Bonchev–Trinajstić information content (AvgIpc) is 2.49. The van der Waals surface area contributed by atoms with E-state index in [2.05, 4.69) is 11.4 Å². The standard InChI is InChI=1S/C16H22N2O2/c1-20-16-7-4-13(9-17)8-14(16)11-18-10-12-2-5-15(19)6-3-12/h4,7-8,12,15,18-19H,2-3,5-6,10-11H2,1H3. The minimum atomic E-state index is -0.0985. The van der Waals surface area contributed by atoms with E-state index >= 15 is 0 Å². The topological polar surface area (TPSA) is 65.3 Å². The highest BCUT2D eigenvalue weighted by Gasteiger charge is 2.18. The monoisotopic (exact) mass is 274 g/mol. The summed E-state index contributed by atoms with van der Waals surface area (Å²) in [6, 6.07) is 7.63. The summed E-state index contributed by atoms with van der Waals surface area (Å²) in [6.07, 6.45) is 3.91. The molecule has 0 atom stereocenters. The largest absolute Gasteiger partial charge is 0.496 e. The van der Waals surface area contributed by atoms with Crippen LogP contribution in [-0.4, -0.2) is 24.9 Å². The number of nitrogens with one attached hydrogen (secondary N) is 1. The first kappa shape index (κ1) is 14.8. The molecule has 0 spiro atoms. The second-order valence-electron chi connectivity index (χ2n) is 5.44. The maximum atomic E-state index is 9.49. The third kappa shape index (κ3) is 3.96. The fourth-order valence-electron chi connectivity index (χ4n) is 2.75. The molecule has 1 fully saturated rings. The molecular formula is C16H22N2O2. The van der Waals surface area contributed by atoms with Gasteiger partial charge in [0.25, 0.3) is 0 Å². The summed E-state index contributed by atoms with van der Waals surface area (Å²) in [5.41, 5.74) is 1.67. The number of aliphatic hydroxyl groups excluding tert-OH is 1. The molecule has 0 amide bonds. The molecule has 4 nitrogen and oxygen atoms in total. The maximum Gasteiger partial charge on any atom is 0.123 e. The number of aliphatic hydroxyl groups is 1. The summed E-state index contributed by atoms with van der Waals surface area (Å²) < 4.78 is 5.32. The van der Waals surface area contributed by atoms with Crippen LogP contribution in [0.2, 0.25) is 0 Å². The number of nitriles is 1. The van der Waals surface area contributed by atoms with Crippen molar-refractivity contribution in [3.05, 3.63) is 29.3 Å². The lowest BCUT2D eigenvalue weighted by Gasteiger charge is -2.25. The molecule has 1 aromatic rings. The van der Waals surface area contributed by atoms with E-state index in [1.54, 1.807) is 13.2 Å². The number of rotatable bonds is 5. The van der Waals surface area contributed by atoms with E-state index in [1.807, 2.05) is 12.1 Å². The second-order valence-corrected chi connectivity index (χ2v) is 5.44. The van der Waals surface area contributed by atoms with Crippen LogP contribution in [-0.2, 0) is 6.54 Å². The third-order valence-electron chi connectivity index (χ3n) is 3.97. The molecule has 1 aliphatic rings. The Morgan fingerprint density at radius 3 is 2.75 bits per heavy atom. The fourth-order valence-corrected chi connectivity index (χ4v) is 2.75. The summed E-state index contributed by atoms with van der Waals surface area (Å²) >= 11 is 0. The highest BCUT2D eigenvalue weighted by Crippen LogP contribution is 2.24. The van der Waals surface area contributed by atoms with Gasteiger partial charge in [0.05, 0.1) is 24.8 Å². The van der Waals surface area contributed by atoms with Crippen molar-refractivity contribution in [1.82, 2.24) is 5.32 Å². The molecule has 20 heavy (non-hydrogen) atoms. The number of hydrogen-bond acceptors (Lipinski definition) is 4. The van der Waals surface area contributed by atoms with Gasteiger partial charge in [-0.15, -0.1) is 0 Å². The number of hydrogen-bond donors (Lipinski definition) is 2. The van der Waals surface area contributed by atoms with Crippen LogP contribution in [0.15, 0.2) is 18.2 Å². The second kappa shape index (κ2) is 7.28. The zero-order chi connectivity index (χ0) is 14.4. The predicted molar refractivity (Wildman–Crippen MR) is 77.4 cm³/mol. The molecule has 0 unspecified atom stereocenters. The van der Waals surface area contributed by atoms with E-state index in [-0.39, 0.29) is 6.10 Å². The van der Waals surface area contributed by atoms with Crippen LogP contribution in [0.25, 0.3) is 0 Å². The zero-order valence-electron chi connectivity index (χ0n) is 11.9. The van der Waals surface area contributed by atoms with E-state index < -0.39 is 0 Å². The highest BCUT2D eigenvalue weighted by molar-refractivity contribution is 5.41. The van der Waals surface area contributed by atoms with E-state index in [1.165, 1.54) is 0 Å². The van der Waals surface area contributed by atoms with Crippen molar-refractivity contribution in [2.75, 3.05) is 13.7 Å². The van der Waals surface area contributed by atoms with Crippen molar-refractivity contribution in [2.45, 2.75) is 38.3 Å². The molecule has 2 N–H and O–H groups in total. The lowest BCUT2D eigenvalue weighted by molar-refractivity contribution is 0.108. The molecule has 0 bridgehead atoms. The van der Waals surface area contributed by atoms with Crippen molar-refractivity contribution in [2.24, 2.45) is 5.92 Å². The summed E-state index contributed by atoms with van der Waals surface area (Å²) in [4.78, 5) is 0. The van der Waals surface area contributed by atoms with Gasteiger partial charge in [-0.1, -0.05) is 0 Å². The van der Waals surface area contributed by atoms with Crippen LogP contribution < -0.4 is 10.1 Å². The minimum Gasteiger partial charge on any atom is -0.496 e. The van der Waals surface area contributed by atoms with Crippen LogP contribution in [0, 0.1) is 17.2 Å². The van der Waals surface area contributed by atoms with Gasteiger partial charge in [-0.05, 0) is 56.3 Å². The van der Waals surface area contributed by atoms with Crippen LogP contribution in [0.5, 0.6) is 5.75 Å². The summed E-state index contributed by atoms with van der Waals surface area (Å²) in [5, 5.41) is 21.9. The van der Waals surface area contributed by atoms with Gasteiger partial charge in [0.2, 0.25) is 0 Å². The quantitative estimate of drug-likeness (QED) is 0.864. The normalized spacial score (nSPS) is 22.2. The molecule has 0 saturated heterocycles. The Morgan fingerprint density at radius 2 is 2.10 bits per heavy atom. The number of methoxy groups -OCH3 is 1. The van der Waals surface area contributed by atoms with Gasteiger partial charge in [0, 0.05) is 12.1 Å². The minimum absolute atomic E-state index is 0.0985. The van der Waals surface area contributed by atoms with Crippen molar-refractivity contribution in [1.29, 1.82) is 5.26 Å². The molecule has 2 rings (SSSR count). The SMILES string of the molecule is COc1ccc(C#N)cc1CNCC1CCC(O)CC1. The molecule has 108 valence electrons. The third-order valence-corrected chi connectivity index (χ3v) is 3.97. The van der Waals surface area contributed by atoms with Crippen molar-refractivity contribution < 1.29 is 9.84 Å². The van der Waals surface area contributed by atoms with Crippen LogP contribution >= 0.6 is 0 Å². The van der Waals surface area contributed by atoms with Crippen LogP contribution in [0.1, 0.15) is 36.8 Å². The van der Waals surface area contributed by atoms with E-state index in [0.29, 0.717) is 18.0 Å². The fraction of sp³-hybridized carbons (Fsp3) is 0.562. The van der Waals surface area contributed by atoms with Gasteiger partial charge in [-0.25, -0.2) is 0 Å². The summed E-state index contributed by atoms with van der Waals surface area (Å²) in [7, 11) is 1.65. The average molecular weight is 274 g/mol.